The Kier molecular flexibility index (Phi) is 7.80. The van der Waals surface area contributed by atoms with Gasteiger partial charge in [-0.05, 0) is 66.6 Å². The smallest absolute Gasteiger partial charge is 0.254 e. The third-order valence-electron chi connectivity index (χ3n) is 6.68. The summed E-state index contributed by atoms with van der Waals surface area (Å²) >= 11 is 18.6. The second-order valence-electron chi connectivity index (χ2n) is 9.25. The minimum absolute atomic E-state index is 0.0951. The Labute approximate surface area is 237 Å². The molecule has 0 radical (unpaired) electrons. The van der Waals surface area contributed by atoms with Crippen LogP contribution in [0, 0.1) is 0 Å². The zero-order valence-electron chi connectivity index (χ0n) is 20.8. The first kappa shape index (κ1) is 26.4. The summed E-state index contributed by atoms with van der Waals surface area (Å²) in [7, 11) is 0. The fourth-order valence-electron chi connectivity index (χ4n) is 4.92. The lowest BCUT2D eigenvalue weighted by molar-refractivity contribution is -0.119. The molecule has 5 nitrogen and oxygen atoms in total. The van der Waals surface area contributed by atoms with Crippen LogP contribution in [0.3, 0.4) is 0 Å². The Bertz CT molecular complexity index is 1460. The molecular formula is C30H26Cl3N3O2. The molecule has 0 aliphatic carbocycles. The van der Waals surface area contributed by atoms with E-state index in [9.17, 15) is 9.59 Å². The second kappa shape index (κ2) is 11.2. The lowest BCUT2D eigenvalue weighted by Gasteiger charge is -2.39. The van der Waals surface area contributed by atoms with Gasteiger partial charge in [-0.2, -0.15) is 0 Å². The van der Waals surface area contributed by atoms with E-state index in [1.807, 2.05) is 73.8 Å². The van der Waals surface area contributed by atoms with E-state index in [2.05, 4.69) is 4.57 Å². The first-order valence-electron chi connectivity index (χ1n) is 12.5. The molecule has 0 fully saturated rings. The highest BCUT2D eigenvalue weighted by atomic mass is 35.5. The Morgan fingerprint density at radius 2 is 1.53 bits per heavy atom. The zero-order chi connectivity index (χ0) is 26.8. The highest BCUT2D eigenvalue weighted by Gasteiger charge is 2.37. The van der Waals surface area contributed by atoms with Crippen LogP contribution in [0.25, 0.3) is 5.69 Å². The molecule has 3 aromatic carbocycles. The lowest BCUT2D eigenvalue weighted by Crippen LogP contribution is -2.47. The van der Waals surface area contributed by atoms with E-state index >= 15 is 0 Å². The van der Waals surface area contributed by atoms with Crippen molar-refractivity contribution in [2.45, 2.75) is 25.8 Å². The maximum absolute atomic E-state index is 14.2. The van der Waals surface area contributed by atoms with E-state index in [0.29, 0.717) is 27.2 Å². The molecule has 0 spiro atoms. The zero-order valence-corrected chi connectivity index (χ0v) is 23.0. The maximum Gasteiger partial charge on any atom is 0.254 e. The molecule has 2 heterocycles. The molecule has 1 aromatic heterocycles. The number of benzene rings is 3. The third-order valence-corrected chi connectivity index (χ3v) is 7.37. The molecule has 4 aromatic rings. The van der Waals surface area contributed by atoms with E-state index < -0.39 is 6.04 Å². The van der Waals surface area contributed by atoms with Gasteiger partial charge in [0.2, 0.25) is 5.91 Å². The number of fused-ring (bicyclic) bond motifs is 3. The average Bonchev–Trinajstić information content (AvgIpc) is 3.40. The summed E-state index contributed by atoms with van der Waals surface area (Å²) in [6, 6.07) is 23.7. The summed E-state index contributed by atoms with van der Waals surface area (Å²) in [6.45, 7) is 2.39. The van der Waals surface area contributed by atoms with E-state index in [0.717, 1.165) is 35.5 Å². The second-order valence-corrected chi connectivity index (χ2v) is 10.6. The topological polar surface area (TPSA) is 45.6 Å². The van der Waals surface area contributed by atoms with Crippen LogP contribution in [-0.2, 0) is 4.79 Å². The standard InChI is InChI=1S/C30H26Cl3N3O2/c1-2-3-14-34(30(38)21-16-23(32)18-24(33)17-21)19-28(37)36-26-8-5-4-7-25(26)35-15-6-9-27(35)29(36)20-10-12-22(31)13-11-20/h4-13,15-18,29H,2-3,14,19H2,1H3. The number of para-hydroxylation sites is 2. The summed E-state index contributed by atoms with van der Waals surface area (Å²) in [5.41, 5.74) is 3.90. The monoisotopic (exact) mass is 565 g/mol. The van der Waals surface area contributed by atoms with Gasteiger partial charge in [-0.15, -0.1) is 0 Å². The Morgan fingerprint density at radius 3 is 2.21 bits per heavy atom. The van der Waals surface area contributed by atoms with Gasteiger partial charge in [0.1, 0.15) is 12.6 Å². The molecule has 194 valence electrons. The third kappa shape index (κ3) is 5.19. The number of carbonyl (C=O) groups is 2. The van der Waals surface area contributed by atoms with E-state index in [1.54, 1.807) is 28.0 Å². The van der Waals surface area contributed by atoms with Gasteiger partial charge in [0.15, 0.2) is 0 Å². The quantitative estimate of drug-likeness (QED) is 0.229. The molecule has 38 heavy (non-hydrogen) atoms. The van der Waals surface area contributed by atoms with Gasteiger partial charge in [0.25, 0.3) is 5.91 Å². The molecule has 0 saturated carbocycles. The van der Waals surface area contributed by atoms with Crippen molar-refractivity contribution in [3.63, 3.8) is 0 Å². The predicted molar refractivity (Wildman–Crippen MR) is 154 cm³/mol. The molecule has 5 rings (SSSR count). The molecule has 8 heteroatoms. The minimum atomic E-state index is -0.395. The number of hydrogen-bond donors (Lipinski definition) is 0. The van der Waals surface area contributed by atoms with E-state index in [1.165, 1.54) is 0 Å². The van der Waals surface area contributed by atoms with Gasteiger partial charge >= 0.3 is 0 Å². The summed E-state index contributed by atoms with van der Waals surface area (Å²) in [5.74, 6) is -0.477. The first-order chi connectivity index (χ1) is 18.4. The van der Waals surface area contributed by atoms with Gasteiger partial charge in [-0.1, -0.05) is 72.4 Å². The van der Waals surface area contributed by atoms with Crippen molar-refractivity contribution in [1.29, 1.82) is 0 Å². The molecule has 1 aliphatic heterocycles. The summed E-state index contributed by atoms with van der Waals surface area (Å²) in [4.78, 5) is 31.2. The number of hydrogen-bond acceptors (Lipinski definition) is 2. The van der Waals surface area contributed by atoms with Gasteiger partial charge < -0.3 is 9.47 Å². The number of aromatic nitrogens is 1. The average molecular weight is 567 g/mol. The molecule has 1 unspecified atom stereocenters. The van der Waals surface area contributed by atoms with Crippen molar-refractivity contribution in [1.82, 2.24) is 9.47 Å². The van der Waals surface area contributed by atoms with Crippen molar-refractivity contribution >= 4 is 52.3 Å². The number of halogens is 3. The van der Waals surface area contributed by atoms with Crippen LogP contribution in [-0.4, -0.2) is 34.4 Å². The fraction of sp³-hybridized carbons (Fsp3) is 0.200. The SMILES string of the molecule is CCCCN(CC(=O)N1c2ccccc2-n2cccc2C1c1ccc(Cl)cc1)C(=O)c1cc(Cl)cc(Cl)c1. The molecule has 0 saturated heterocycles. The van der Waals surface area contributed by atoms with Crippen LogP contribution < -0.4 is 4.90 Å². The van der Waals surface area contributed by atoms with Crippen LogP contribution in [0.15, 0.2) is 85.1 Å². The summed E-state index contributed by atoms with van der Waals surface area (Å²) in [5, 5.41) is 1.36. The number of carbonyl (C=O) groups excluding carboxylic acids is 2. The molecule has 0 bridgehead atoms. The van der Waals surface area contributed by atoms with Crippen LogP contribution in [0.1, 0.15) is 47.4 Å². The number of anilines is 1. The first-order valence-corrected chi connectivity index (χ1v) is 13.6. The van der Waals surface area contributed by atoms with Gasteiger partial charge in [0, 0.05) is 33.4 Å². The number of amides is 2. The molecule has 1 aliphatic rings. The van der Waals surface area contributed by atoms with Crippen LogP contribution >= 0.6 is 34.8 Å². The van der Waals surface area contributed by atoms with E-state index in [-0.39, 0.29) is 18.4 Å². The largest absolute Gasteiger partial charge is 0.329 e. The predicted octanol–water partition coefficient (Wildman–Crippen LogP) is 7.82. The van der Waals surface area contributed by atoms with Gasteiger partial charge in [-0.3, -0.25) is 14.5 Å². The number of nitrogens with zero attached hydrogens (tertiary/aromatic N) is 3. The number of unbranched alkanes of at least 4 members (excludes halogenated alkanes) is 1. The van der Waals surface area contributed by atoms with Crippen molar-refractivity contribution in [2.75, 3.05) is 18.0 Å². The Balaban J connectivity index is 1.55. The highest BCUT2D eigenvalue weighted by Crippen LogP contribution is 2.42. The van der Waals surface area contributed by atoms with Gasteiger partial charge in [-0.25, -0.2) is 0 Å². The van der Waals surface area contributed by atoms with Crippen molar-refractivity contribution in [3.8, 4) is 5.69 Å². The van der Waals surface area contributed by atoms with Crippen molar-refractivity contribution in [3.05, 3.63) is 117 Å². The van der Waals surface area contributed by atoms with Gasteiger partial charge in [0.05, 0.1) is 17.1 Å². The van der Waals surface area contributed by atoms with E-state index in [4.69, 9.17) is 34.8 Å². The lowest BCUT2D eigenvalue weighted by atomic mass is 9.97. The molecule has 0 N–H and O–H groups in total. The normalized spacial score (nSPS) is 14.1. The van der Waals surface area contributed by atoms with Crippen molar-refractivity contribution in [2.24, 2.45) is 0 Å². The summed E-state index contributed by atoms with van der Waals surface area (Å²) < 4.78 is 2.10. The minimum Gasteiger partial charge on any atom is -0.329 e. The van der Waals surface area contributed by atoms with Crippen molar-refractivity contribution < 1.29 is 9.59 Å². The summed E-state index contributed by atoms with van der Waals surface area (Å²) in [6.07, 6.45) is 3.63. The molecule has 1 atom stereocenters. The Hall–Kier alpha value is -3.25. The maximum atomic E-state index is 14.2. The van der Waals surface area contributed by atoms with Crippen LogP contribution in [0.4, 0.5) is 5.69 Å². The fourth-order valence-corrected chi connectivity index (χ4v) is 5.58. The Morgan fingerprint density at radius 1 is 0.842 bits per heavy atom. The number of rotatable bonds is 7. The van der Waals surface area contributed by atoms with Crippen LogP contribution in [0.2, 0.25) is 15.1 Å². The van der Waals surface area contributed by atoms with Crippen LogP contribution in [0.5, 0.6) is 0 Å². The molecule has 2 amide bonds. The molecular weight excluding hydrogens is 541 g/mol. The highest BCUT2D eigenvalue weighted by molar-refractivity contribution is 6.35.